The van der Waals surface area contributed by atoms with E-state index in [1.807, 2.05) is 0 Å². The van der Waals surface area contributed by atoms with Crippen LogP contribution in [0.1, 0.15) is 10.5 Å². The van der Waals surface area contributed by atoms with Crippen molar-refractivity contribution in [1.29, 1.82) is 0 Å². The van der Waals surface area contributed by atoms with Gasteiger partial charge in [0, 0.05) is 11.8 Å². The molecular formula is C22H17F2N7O. The van der Waals surface area contributed by atoms with E-state index in [4.69, 9.17) is 17.2 Å². The first-order chi connectivity index (χ1) is 15.3. The molecule has 0 bridgehead atoms. The summed E-state index contributed by atoms with van der Waals surface area (Å²) in [6, 6.07) is 11.0. The minimum absolute atomic E-state index is 0.0332. The van der Waals surface area contributed by atoms with Crippen molar-refractivity contribution >= 4 is 28.9 Å². The average Bonchev–Trinajstić information content (AvgIpc) is 2.74. The quantitative estimate of drug-likeness (QED) is 0.385. The number of rotatable bonds is 4. The summed E-state index contributed by atoms with van der Waals surface area (Å²) in [6.07, 6.45) is 2.96. The van der Waals surface area contributed by atoms with E-state index in [-0.39, 0.29) is 34.3 Å². The second kappa shape index (κ2) is 8.26. The Hall–Kier alpha value is -4.60. The molecule has 3 heterocycles. The van der Waals surface area contributed by atoms with Crippen LogP contribution in [0.25, 0.3) is 22.4 Å². The number of hydrogen-bond donors (Lipinski definition) is 4. The number of amides is 1. The predicted octanol–water partition coefficient (Wildman–Crippen LogP) is 3.48. The molecule has 1 amide bonds. The minimum Gasteiger partial charge on any atom is -0.397 e. The Balaban J connectivity index is 1.72. The maximum atomic E-state index is 14.2. The molecular weight excluding hydrogens is 416 g/mol. The number of nitrogens with one attached hydrogen (secondary N) is 1. The fourth-order valence-corrected chi connectivity index (χ4v) is 3.19. The van der Waals surface area contributed by atoms with Crippen LogP contribution in [0.2, 0.25) is 0 Å². The molecule has 0 saturated carbocycles. The van der Waals surface area contributed by atoms with E-state index in [1.165, 1.54) is 30.6 Å². The predicted molar refractivity (Wildman–Crippen MR) is 118 cm³/mol. The SMILES string of the molecule is Nc1cc(-c2ccncc2NC(=O)c2nc(-c3c(F)cccc3F)ccc2N)cc(N)n1. The Kier molecular flexibility index (Phi) is 5.34. The number of hydrogen-bond acceptors (Lipinski definition) is 7. The van der Waals surface area contributed by atoms with Gasteiger partial charge in [-0.1, -0.05) is 6.07 Å². The molecule has 8 nitrogen and oxygen atoms in total. The third-order valence-electron chi connectivity index (χ3n) is 4.61. The molecule has 160 valence electrons. The minimum atomic E-state index is -0.809. The number of pyridine rings is 3. The Morgan fingerprint density at radius 1 is 0.906 bits per heavy atom. The lowest BCUT2D eigenvalue weighted by Crippen LogP contribution is -2.17. The molecule has 0 saturated heterocycles. The Labute approximate surface area is 181 Å². The monoisotopic (exact) mass is 433 g/mol. The topological polar surface area (TPSA) is 146 Å². The number of nitrogens with two attached hydrogens (primary N) is 3. The second-order valence-electron chi connectivity index (χ2n) is 6.81. The van der Waals surface area contributed by atoms with Crippen molar-refractivity contribution in [1.82, 2.24) is 15.0 Å². The molecule has 0 atom stereocenters. The van der Waals surface area contributed by atoms with Gasteiger partial charge in [0.05, 0.1) is 28.8 Å². The molecule has 10 heteroatoms. The highest BCUT2D eigenvalue weighted by Gasteiger charge is 2.19. The molecule has 0 aliphatic carbocycles. The zero-order valence-electron chi connectivity index (χ0n) is 16.5. The largest absolute Gasteiger partial charge is 0.397 e. The molecule has 7 N–H and O–H groups in total. The van der Waals surface area contributed by atoms with Crippen molar-refractivity contribution in [2.75, 3.05) is 22.5 Å². The van der Waals surface area contributed by atoms with Crippen LogP contribution in [-0.4, -0.2) is 20.9 Å². The first-order valence-corrected chi connectivity index (χ1v) is 9.33. The summed E-state index contributed by atoms with van der Waals surface area (Å²) in [6.45, 7) is 0. The van der Waals surface area contributed by atoms with Gasteiger partial charge in [-0.2, -0.15) is 0 Å². The lowest BCUT2D eigenvalue weighted by molar-refractivity contribution is 0.102. The summed E-state index contributed by atoms with van der Waals surface area (Å²) in [5.41, 5.74) is 18.4. The number of benzene rings is 1. The first kappa shape index (κ1) is 20.7. The van der Waals surface area contributed by atoms with Crippen molar-refractivity contribution in [2.24, 2.45) is 0 Å². The van der Waals surface area contributed by atoms with Crippen LogP contribution in [0.4, 0.5) is 31.8 Å². The van der Waals surface area contributed by atoms with Gasteiger partial charge in [0.25, 0.3) is 5.91 Å². The number of carbonyl (C=O) groups excluding carboxylic acids is 1. The summed E-state index contributed by atoms with van der Waals surface area (Å²) in [7, 11) is 0. The number of anilines is 4. The molecule has 0 fully saturated rings. The van der Waals surface area contributed by atoms with Gasteiger partial charge in [-0.15, -0.1) is 0 Å². The maximum Gasteiger partial charge on any atom is 0.276 e. The van der Waals surface area contributed by atoms with Crippen molar-refractivity contribution < 1.29 is 13.6 Å². The zero-order chi connectivity index (χ0) is 22.8. The Morgan fingerprint density at radius 3 is 2.28 bits per heavy atom. The highest BCUT2D eigenvalue weighted by atomic mass is 19.1. The molecule has 32 heavy (non-hydrogen) atoms. The highest BCUT2D eigenvalue weighted by molar-refractivity contribution is 6.08. The van der Waals surface area contributed by atoms with Crippen LogP contribution in [-0.2, 0) is 0 Å². The first-order valence-electron chi connectivity index (χ1n) is 9.33. The standard InChI is InChI=1S/C22H17F2N7O/c23-13-2-1-3-14(24)20(13)16-5-4-15(25)21(29-16)22(32)30-17-10-28-7-6-12(17)11-8-18(26)31-19(27)9-11/h1-10H,25H2,(H,30,32)(H4,26,27,31). The molecule has 0 spiro atoms. The van der Waals surface area contributed by atoms with E-state index in [9.17, 15) is 13.6 Å². The number of carbonyl (C=O) groups is 1. The van der Waals surface area contributed by atoms with Gasteiger partial charge in [0.2, 0.25) is 0 Å². The Morgan fingerprint density at radius 2 is 1.59 bits per heavy atom. The average molecular weight is 433 g/mol. The van der Waals surface area contributed by atoms with E-state index in [0.717, 1.165) is 12.1 Å². The summed E-state index contributed by atoms with van der Waals surface area (Å²) < 4.78 is 28.4. The van der Waals surface area contributed by atoms with Crippen LogP contribution >= 0.6 is 0 Å². The van der Waals surface area contributed by atoms with Crippen molar-refractivity contribution in [2.45, 2.75) is 0 Å². The van der Waals surface area contributed by atoms with E-state index in [1.54, 1.807) is 18.2 Å². The van der Waals surface area contributed by atoms with Gasteiger partial charge in [0.1, 0.15) is 23.3 Å². The summed E-state index contributed by atoms with van der Waals surface area (Å²) >= 11 is 0. The van der Waals surface area contributed by atoms with E-state index in [2.05, 4.69) is 20.3 Å². The zero-order valence-corrected chi connectivity index (χ0v) is 16.5. The van der Waals surface area contributed by atoms with Gasteiger partial charge < -0.3 is 22.5 Å². The van der Waals surface area contributed by atoms with Gasteiger partial charge in [-0.3, -0.25) is 9.78 Å². The lowest BCUT2D eigenvalue weighted by Gasteiger charge is -2.13. The molecule has 0 radical (unpaired) electrons. The number of nitrogen functional groups attached to an aromatic ring is 3. The third-order valence-corrected chi connectivity index (χ3v) is 4.61. The summed E-state index contributed by atoms with van der Waals surface area (Å²) in [5.74, 6) is -1.89. The van der Waals surface area contributed by atoms with Gasteiger partial charge in [-0.05, 0) is 48.0 Å². The van der Waals surface area contributed by atoms with Crippen molar-refractivity contribution in [3.8, 4) is 22.4 Å². The van der Waals surface area contributed by atoms with Crippen LogP contribution in [0.5, 0.6) is 0 Å². The fraction of sp³-hybridized carbons (Fsp3) is 0. The molecule has 4 rings (SSSR count). The number of aromatic nitrogens is 3. The molecule has 4 aromatic rings. The van der Waals surface area contributed by atoms with Crippen LogP contribution in [0.15, 0.2) is 60.9 Å². The van der Waals surface area contributed by atoms with Crippen LogP contribution < -0.4 is 22.5 Å². The highest BCUT2D eigenvalue weighted by Crippen LogP contribution is 2.30. The molecule has 1 aromatic carbocycles. The smallest absolute Gasteiger partial charge is 0.276 e. The Bertz CT molecular complexity index is 1300. The summed E-state index contributed by atoms with van der Waals surface area (Å²) in [5, 5.41) is 2.68. The molecule has 0 aliphatic rings. The van der Waals surface area contributed by atoms with E-state index in [0.29, 0.717) is 16.8 Å². The molecule has 3 aromatic heterocycles. The van der Waals surface area contributed by atoms with Gasteiger partial charge in [-0.25, -0.2) is 18.7 Å². The molecule has 0 unspecified atom stereocenters. The lowest BCUT2D eigenvalue weighted by atomic mass is 10.1. The van der Waals surface area contributed by atoms with E-state index >= 15 is 0 Å². The summed E-state index contributed by atoms with van der Waals surface area (Å²) in [4.78, 5) is 25.0. The van der Waals surface area contributed by atoms with Gasteiger partial charge >= 0.3 is 0 Å². The van der Waals surface area contributed by atoms with Crippen LogP contribution in [0, 0.1) is 11.6 Å². The van der Waals surface area contributed by atoms with Gasteiger partial charge in [0.15, 0.2) is 5.69 Å². The normalized spacial score (nSPS) is 10.7. The second-order valence-corrected chi connectivity index (χ2v) is 6.81. The van der Waals surface area contributed by atoms with Crippen LogP contribution in [0.3, 0.4) is 0 Å². The molecule has 0 aliphatic heterocycles. The number of halogens is 2. The third kappa shape index (κ3) is 4.01. The van der Waals surface area contributed by atoms with Crippen molar-refractivity contribution in [3.63, 3.8) is 0 Å². The van der Waals surface area contributed by atoms with Crippen molar-refractivity contribution in [3.05, 3.63) is 78.3 Å². The fourth-order valence-electron chi connectivity index (χ4n) is 3.19. The number of nitrogens with zero attached hydrogens (tertiary/aromatic N) is 3. The maximum absolute atomic E-state index is 14.2. The van der Waals surface area contributed by atoms with E-state index < -0.39 is 17.5 Å².